The van der Waals surface area contributed by atoms with Gasteiger partial charge in [0.05, 0.1) is 6.20 Å². The molecular weight excluding hydrogens is 616 g/mol. The first kappa shape index (κ1) is 31.5. The van der Waals surface area contributed by atoms with Crippen LogP contribution in [0.5, 0.6) is 11.8 Å². The van der Waals surface area contributed by atoms with Crippen LogP contribution in [-0.4, -0.2) is 56.2 Å². The molecule has 0 atom stereocenters. The number of rotatable bonds is 9. The van der Waals surface area contributed by atoms with E-state index in [1.807, 2.05) is 63.4 Å². The zero-order valence-electron chi connectivity index (χ0n) is 26.6. The number of hydrogen-bond donors (Lipinski definition) is 2. The first-order valence-corrected chi connectivity index (χ1v) is 15.6. The second-order valence-electron chi connectivity index (χ2n) is 11.4. The smallest absolute Gasteiger partial charge is 0.322 e. The molecule has 12 heteroatoms. The fourth-order valence-electron chi connectivity index (χ4n) is 5.22. The van der Waals surface area contributed by atoms with Crippen molar-refractivity contribution in [3.8, 4) is 44.5 Å². The maximum Gasteiger partial charge on any atom is 0.322 e. The maximum absolute atomic E-state index is 15.7. The van der Waals surface area contributed by atoms with Gasteiger partial charge in [0, 0.05) is 81.3 Å². The number of aryl methyl sites for hydroxylation is 3. The topological polar surface area (TPSA) is 124 Å². The van der Waals surface area contributed by atoms with Crippen LogP contribution in [0, 0.1) is 19.7 Å². The van der Waals surface area contributed by atoms with Crippen LogP contribution in [0.2, 0.25) is 0 Å². The summed E-state index contributed by atoms with van der Waals surface area (Å²) in [6.07, 6.45) is 10.3. The summed E-state index contributed by atoms with van der Waals surface area (Å²) >= 11 is 1.54. The van der Waals surface area contributed by atoms with Crippen molar-refractivity contribution in [3.05, 3.63) is 96.5 Å². The molecule has 0 saturated heterocycles. The molecule has 238 valence electrons. The number of nitrogens with zero attached hydrogens (tertiary/aromatic N) is 6. The maximum atomic E-state index is 15.7. The molecule has 0 aliphatic heterocycles. The van der Waals surface area contributed by atoms with E-state index in [2.05, 4.69) is 25.4 Å². The summed E-state index contributed by atoms with van der Waals surface area (Å²) < 4.78 is 24.0. The summed E-state index contributed by atoms with van der Waals surface area (Å²) in [7, 11) is 5.73. The van der Waals surface area contributed by atoms with Crippen molar-refractivity contribution in [2.75, 3.05) is 31.7 Å². The van der Waals surface area contributed by atoms with Crippen LogP contribution in [0.25, 0.3) is 42.8 Å². The monoisotopic (exact) mass is 648 g/mol. The molecule has 6 aromatic rings. The fraction of sp³-hybridized carbons (Fsp3) is 0.171. The minimum atomic E-state index is -0.579. The number of ether oxygens (including phenoxy) is 1. The number of nitrogen functional groups attached to an aromatic ring is 1. The van der Waals surface area contributed by atoms with Crippen LogP contribution in [0.4, 0.5) is 15.9 Å². The molecule has 2 aromatic carbocycles. The molecule has 6 rings (SSSR count). The van der Waals surface area contributed by atoms with Crippen molar-refractivity contribution < 1.29 is 13.9 Å². The number of nitrogens with one attached hydrogen (secondary N) is 1. The molecule has 3 N–H and O–H groups in total. The number of nitrogens with two attached hydrogens (primary N) is 1. The summed E-state index contributed by atoms with van der Waals surface area (Å²) in [5.74, 6) is -0.469. The zero-order valence-corrected chi connectivity index (χ0v) is 27.4. The van der Waals surface area contributed by atoms with Crippen LogP contribution < -0.4 is 15.8 Å². The molecule has 0 spiro atoms. The van der Waals surface area contributed by atoms with Gasteiger partial charge in [0.2, 0.25) is 5.91 Å². The Bertz CT molecular complexity index is 2150. The third kappa shape index (κ3) is 6.74. The molecule has 47 heavy (non-hydrogen) atoms. The second kappa shape index (κ2) is 13.1. The molecule has 1 amide bonds. The van der Waals surface area contributed by atoms with E-state index in [4.69, 9.17) is 10.5 Å². The van der Waals surface area contributed by atoms with E-state index in [-0.39, 0.29) is 17.7 Å². The van der Waals surface area contributed by atoms with Crippen molar-refractivity contribution in [1.29, 1.82) is 0 Å². The Morgan fingerprint density at radius 2 is 1.91 bits per heavy atom. The van der Waals surface area contributed by atoms with E-state index < -0.39 is 5.82 Å². The molecule has 0 saturated carbocycles. The second-order valence-corrected chi connectivity index (χ2v) is 12.4. The first-order valence-electron chi connectivity index (χ1n) is 14.8. The molecule has 4 aromatic heterocycles. The predicted octanol–water partition coefficient (Wildman–Crippen LogP) is 7.01. The molecular formula is C35H33FN8O2S. The number of fused-ring (bicyclic) bond motifs is 1. The SMILES string of the molecule is Cc1ccnc(Oc2ccc(-c3c(-c4ccc(NC(=O)/C=C/CN(C)C)cc4C)sc4c(-c5cnn(C)c5)cnc(N)c34)cc2F)n1. The van der Waals surface area contributed by atoms with E-state index in [1.165, 1.54) is 12.1 Å². The number of pyridine rings is 1. The quantitative estimate of drug-likeness (QED) is 0.161. The number of thiophene rings is 1. The number of carbonyl (C=O) groups excluding carboxylic acids is 1. The van der Waals surface area contributed by atoms with Crippen LogP contribution in [0.15, 0.2) is 79.4 Å². The lowest BCUT2D eigenvalue weighted by Gasteiger charge is -2.12. The molecule has 0 fully saturated rings. The fourth-order valence-corrected chi connectivity index (χ4v) is 6.67. The van der Waals surface area contributed by atoms with Crippen LogP contribution in [0.3, 0.4) is 0 Å². The minimum absolute atomic E-state index is 0.00140. The molecule has 0 radical (unpaired) electrons. The van der Waals surface area contributed by atoms with Gasteiger partial charge in [-0.2, -0.15) is 5.10 Å². The van der Waals surface area contributed by atoms with Gasteiger partial charge >= 0.3 is 6.01 Å². The van der Waals surface area contributed by atoms with Crippen molar-refractivity contribution in [3.63, 3.8) is 0 Å². The molecule has 10 nitrogen and oxygen atoms in total. The van der Waals surface area contributed by atoms with E-state index in [1.54, 1.807) is 59.7 Å². The van der Waals surface area contributed by atoms with Gasteiger partial charge in [0.15, 0.2) is 11.6 Å². The zero-order chi connectivity index (χ0) is 33.2. The van der Waals surface area contributed by atoms with Gasteiger partial charge in [0.1, 0.15) is 5.82 Å². The van der Waals surface area contributed by atoms with Crippen molar-refractivity contribution in [1.82, 2.24) is 29.6 Å². The number of benzene rings is 2. The summed E-state index contributed by atoms with van der Waals surface area (Å²) in [4.78, 5) is 28.2. The minimum Gasteiger partial charge on any atom is -0.421 e. The van der Waals surface area contributed by atoms with E-state index in [0.29, 0.717) is 34.7 Å². The van der Waals surface area contributed by atoms with E-state index in [9.17, 15) is 4.79 Å². The Morgan fingerprint density at radius 1 is 1.09 bits per heavy atom. The number of likely N-dealkylation sites (N-methyl/N-ethyl adjacent to an activating group) is 1. The summed E-state index contributed by atoms with van der Waals surface area (Å²) in [5, 5.41) is 8.00. The summed E-state index contributed by atoms with van der Waals surface area (Å²) in [5.41, 5.74) is 12.9. The van der Waals surface area contributed by atoms with Gasteiger partial charge in [-0.15, -0.1) is 11.3 Å². The number of halogens is 1. The third-order valence-corrected chi connectivity index (χ3v) is 8.69. The Kier molecular flexibility index (Phi) is 8.79. The van der Waals surface area contributed by atoms with Crippen molar-refractivity contribution >= 4 is 38.8 Å². The summed E-state index contributed by atoms with van der Waals surface area (Å²) in [6.45, 7) is 4.44. The Morgan fingerprint density at radius 3 is 2.62 bits per heavy atom. The number of anilines is 2. The highest BCUT2D eigenvalue weighted by atomic mass is 32.1. The molecule has 4 heterocycles. The number of hydrogen-bond acceptors (Lipinski definition) is 9. The van der Waals surface area contributed by atoms with Crippen molar-refractivity contribution in [2.45, 2.75) is 13.8 Å². The summed E-state index contributed by atoms with van der Waals surface area (Å²) in [6, 6.07) is 12.3. The average Bonchev–Trinajstić information content (AvgIpc) is 3.63. The molecule has 0 bridgehead atoms. The van der Waals surface area contributed by atoms with Gasteiger partial charge in [-0.05, 0) is 75.0 Å². The predicted molar refractivity (Wildman–Crippen MR) is 185 cm³/mol. The number of carbonyl (C=O) groups is 1. The highest BCUT2D eigenvalue weighted by molar-refractivity contribution is 7.23. The standard InChI is InChI=1S/C35H33FN8O2S/c1-20-15-24(42-29(45)7-6-14-43(3)4)9-10-25(20)32-30(22-8-11-28(27(36)16-22)46-35-38-13-12-21(2)41-35)31-33(47-32)26(18-39-34(31)37)23-17-40-44(5)19-23/h6-13,15-19H,14H2,1-5H3,(H2,37,39)(H,42,45)/b7-6+. The molecule has 0 aliphatic rings. The Balaban J connectivity index is 1.47. The van der Waals surface area contributed by atoms with Gasteiger partial charge in [-0.1, -0.05) is 18.2 Å². The van der Waals surface area contributed by atoms with E-state index >= 15 is 4.39 Å². The molecule has 0 aliphatic carbocycles. The Labute approximate surface area is 275 Å². The third-order valence-electron chi connectivity index (χ3n) is 7.43. The highest BCUT2D eigenvalue weighted by Crippen LogP contribution is 2.50. The lowest BCUT2D eigenvalue weighted by molar-refractivity contribution is -0.111. The number of aromatic nitrogens is 5. The Hall–Kier alpha value is -5.46. The highest BCUT2D eigenvalue weighted by Gasteiger charge is 2.24. The van der Waals surface area contributed by atoms with Crippen LogP contribution in [0.1, 0.15) is 11.3 Å². The normalized spacial score (nSPS) is 11.6. The average molecular weight is 649 g/mol. The lowest BCUT2D eigenvalue weighted by atomic mass is 9.95. The number of amides is 1. The van der Waals surface area contributed by atoms with Crippen LogP contribution >= 0.6 is 11.3 Å². The van der Waals surface area contributed by atoms with Gasteiger partial charge in [0.25, 0.3) is 0 Å². The van der Waals surface area contributed by atoms with Crippen LogP contribution in [-0.2, 0) is 11.8 Å². The lowest BCUT2D eigenvalue weighted by Crippen LogP contribution is -2.13. The van der Waals surface area contributed by atoms with Gasteiger partial charge in [-0.3, -0.25) is 9.48 Å². The van der Waals surface area contributed by atoms with Gasteiger partial charge in [-0.25, -0.2) is 19.3 Å². The van der Waals surface area contributed by atoms with Crippen molar-refractivity contribution in [2.24, 2.45) is 7.05 Å². The first-order chi connectivity index (χ1) is 22.6. The largest absolute Gasteiger partial charge is 0.421 e. The van der Waals surface area contributed by atoms with E-state index in [0.717, 1.165) is 37.4 Å². The molecule has 0 unspecified atom stereocenters. The van der Waals surface area contributed by atoms with Gasteiger partial charge < -0.3 is 20.7 Å².